The first-order valence-electron chi connectivity index (χ1n) is 8.91. The van der Waals surface area contributed by atoms with Gasteiger partial charge in [0.1, 0.15) is 23.6 Å². The van der Waals surface area contributed by atoms with Crippen molar-refractivity contribution < 1.29 is 19.1 Å². The number of hydrogen-bond acceptors (Lipinski definition) is 7. The minimum atomic E-state index is -0.507. The average molecular weight is 392 g/mol. The second kappa shape index (κ2) is 9.32. The molecule has 0 aliphatic carbocycles. The predicted molar refractivity (Wildman–Crippen MR) is 109 cm³/mol. The molecule has 2 N–H and O–H groups in total. The van der Waals surface area contributed by atoms with Crippen molar-refractivity contribution in [2.24, 2.45) is 0 Å². The number of nitrogens with one attached hydrogen (secondary N) is 2. The first kappa shape index (κ1) is 19.8. The summed E-state index contributed by atoms with van der Waals surface area (Å²) in [5.74, 6) is 0.211. The number of benzene rings is 2. The molecule has 3 aromatic rings. The Morgan fingerprint density at radius 2 is 1.79 bits per heavy atom. The monoisotopic (exact) mass is 392 g/mol. The fraction of sp³-hybridized carbons (Fsp3) is 0.143. The van der Waals surface area contributed by atoms with Crippen LogP contribution in [-0.4, -0.2) is 35.6 Å². The summed E-state index contributed by atoms with van der Waals surface area (Å²) >= 11 is 0. The van der Waals surface area contributed by atoms with Gasteiger partial charge in [-0.25, -0.2) is 14.8 Å². The molecule has 0 fully saturated rings. The zero-order valence-electron chi connectivity index (χ0n) is 16.0. The molecule has 0 unspecified atom stereocenters. The van der Waals surface area contributed by atoms with E-state index in [1.54, 1.807) is 38.3 Å². The SMILES string of the molecule is CCOC(=O)c1ccccc1NC(=O)c1cc(Nc2ccc(OC)cc2)ncn1. The summed E-state index contributed by atoms with van der Waals surface area (Å²) in [6.07, 6.45) is 1.29. The van der Waals surface area contributed by atoms with E-state index in [-0.39, 0.29) is 17.9 Å². The zero-order valence-corrected chi connectivity index (χ0v) is 16.0. The third-order valence-electron chi connectivity index (χ3n) is 3.93. The van der Waals surface area contributed by atoms with Crippen LogP contribution in [0.2, 0.25) is 0 Å². The van der Waals surface area contributed by atoms with Crippen LogP contribution < -0.4 is 15.4 Å². The van der Waals surface area contributed by atoms with Gasteiger partial charge in [0.25, 0.3) is 5.91 Å². The van der Waals surface area contributed by atoms with Crippen LogP contribution in [0.1, 0.15) is 27.8 Å². The Bertz CT molecular complexity index is 1010. The van der Waals surface area contributed by atoms with E-state index in [1.165, 1.54) is 12.4 Å². The van der Waals surface area contributed by atoms with Crippen LogP contribution in [0.3, 0.4) is 0 Å². The normalized spacial score (nSPS) is 10.1. The molecule has 1 amide bonds. The maximum atomic E-state index is 12.6. The van der Waals surface area contributed by atoms with Crippen molar-refractivity contribution in [2.45, 2.75) is 6.92 Å². The summed E-state index contributed by atoms with van der Waals surface area (Å²) in [5.41, 5.74) is 1.55. The van der Waals surface area contributed by atoms with Gasteiger partial charge in [0.2, 0.25) is 0 Å². The van der Waals surface area contributed by atoms with Gasteiger partial charge in [-0.2, -0.15) is 0 Å². The van der Waals surface area contributed by atoms with E-state index in [0.717, 1.165) is 11.4 Å². The molecule has 0 aliphatic heterocycles. The predicted octanol–water partition coefficient (Wildman–Crippen LogP) is 3.66. The Kier molecular flexibility index (Phi) is 6.36. The molecule has 8 heteroatoms. The number of aromatic nitrogens is 2. The molecule has 3 rings (SSSR count). The summed E-state index contributed by atoms with van der Waals surface area (Å²) in [5, 5.41) is 5.80. The summed E-state index contributed by atoms with van der Waals surface area (Å²) in [6, 6.07) is 15.4. The number of esters is 1. The number of para-hydroxylation sites is 1. The van der Waals surface area contributed by atoms with E-state index in [2.05, 4.69) is 20.6 Å². The number of anilines is 3. The van der Waals surface area contributed by atoms with Gasteiger partial charge in [-0.1, -0.05) is 12.1 Å². The van der Waals surface area contributed by atoms with E-state index >= 15 is 0 Å². The van der Waals surface area contributed by atoms with Gasteiger partial charge >= 0.3 is 5.97 Å². The van der Waals surface area contributed by atoms with Gasteiger partial charge < -0.3 is 20.1 Å². The molecule has 148 valence electrons. The lowest BCUT2D eigenvalue weighted by Crippen LogP contribution is -2.17. The van der Waals surface area contributed by atoms with Gasteiger partial charge in [-0.05, 0) is 43.3 Å². The fourth-order valence-corrected chi connectivity index (χ4v) is 2.54. The highest BCUT2D eigenvalue weighted by Gasteiger charge is 2.16. The highest BCUT2D eigenvalue weighted by molar-refractivity contribution is 6.07. The summed E-state index contributed by atoms with van der Waals surface area (Å²) in [4.78, 5) is 32.9. The molecule has 0 bridgehead atoms. The molecule has 1 heterocycles. The molecule has 2 aromatic carbocycles. The fourth-order valence-electron chi connectivity index (χ4n) is 2.54. The number of rotatable bonds is 7. The van der Waals surface area contributed by atoms with Crippen molar-refractivity contribution in [2.75, 3.05) is 24.4 Å². The first-order chi connectivity index (χ1) is 14.1. The Morgan fingerprint density at radius 1 is 1.03 bits per heavy atom. The summed E-state index contributed by atoms with van der Waals surface area (Å²) in [7, 11) is 1.60. The Morgan fingerprint density at radius 3 is 2.52 bits per heavy atom. The standard InChI is InChI=1S/C21H20N4O4/c1-3-29-21(27)16-6-4-5-7-17(16)25-20(26)18-12-19(23-13-22-18)24-14-8-10-15(28-2)11-9-14/h4-13H,3H2,1-2H3,(H,25,26)(H,22,23,24). The average Bonchev–Trinajstić information content (AvgIpc) is 2.75. The van der Waals surface area contributed by atoms with Crippen molar-refractivity contribution in [3.63, 3.8) is 0 Å². The molecule has 0 spiro atoms. The lowest BCUT2D eigenvalue weighted by molar-refractivity contribution is 0.0527. The summed E-state index contributed by atoms with van der Waals surface area (Å²) < 4.78 is 10.2. The Labute approximate surface area is 167 Å². The molecule has 0 aliphatic rings. The van der Waals surface area contributed by atoms with Gasteiger partial charge in [-0.15, -0.1) is 0 Å². The molecule has 29 heavy (non-hydrogen) atoms. The van der Waals surface area contributed by atoms with Crippen LogP contribution in [0, 0.1) is 0 Å². The van der Waals surface area contributed by atoms with Gasteiger partial charge in [-0.3, -0.25) is 4.79 Å². The van der Waals surface area contributed by atoms with Crippen molar-refractivity contribution in [1.29, 1.82) is 0 Å². The molecular weight excluding hydrogens is 372 g/mol. The van der Waals surface area contributed by atoms with Gasteiger partial charge in [0, 0.05) is 11.8 Å². The molecule has 0 atom stereocenters. The lowest BCUT2D eigenvalue weighted by atomic mass is 10.1. The number of methoxy groups -OCH3 is 1. The Hall–Kier alpha value is -3.94. The van der Waals surface area contributed by atoms with Crippen LogP contribution in [0.4, 0.5) is 17.2 Å². The van der Waals surface area contributed by atoms with Crippen molar-refractivity contribution in [3.05, 3.63) is 72.2 Å². The third kappa shape index (κ3) is 5.07. The van der Waals surface area contributed by atoms with E-state index < -0.39 is 11.9 Å². The smallest absolute Gasteiger partial charge is 0.340 e. The number of hydrogen-bond donors (Lipinski definition) is 2. The highest BCUT2D eigenvalue weighted by Crippen LogP contribution is 2.20. The number of amides is 1. The largest absolute Gasteiger partial charge is 0.497 e. The minimum Gasteiger partial charge on any atom is -0.497 e. The number of carbonyl (C=O) groups excluding carboxylic acids is 2. The third-order valence-corrected chi connectivity index (χ3v) is 3.93. The quantitative estimate of drug-likeness (QED) is 0.592. The number of carbonyl (C=O) groups is 2. The highest BCUT2D eigenvalue weighted by atomic mass is 16.5. The van der Waals surface area contributed by atoms with E-state index in [4.69, 9.17) is 9.47 Å². The molecule has 0 radical (unpaired) electrons. The zero-order chi connectivity index (χ0) is 20.6. The molecular formula is C21H20N4O4. The van der Waals surface area contributed by atoms with Crippen molar-refractivity contribution in [1.82, 2.24) is 9.97 Å². The maximum absolute atomic E-state index is 12.6. The van der Waals surface area contributed by atoms with Crippen molar-refractivity contribution in [3.8, 4) is 5.75 Å². The van der Waals surface area contributed by atoms with Gasteiger partial charge in [0.15, 0.2) is 0 Å². The second-order valence-electron chi connectivity index (χ2n) is 5.86. The van der Waals surface area contributed by atoms with E-state index in [0.29, 0.717) is 11.5 Å². The van der Waals surface area contributed by atoms with Crippen LogP contribution in [-0.2, 0) is 4.74 Å². The summed E-state index contributed by atoms with van der Waals surface area (Å²) in [6.45, 7) is 1.96. The van der Waals surface area contributed by atoms with Crippen molar-refractivity contribution >= 4 is 29.1 Å². The Balaban J connectivity index is 1.75. The molecule has 8 nitrogen and oxygen atoms in total. The van der Waals surface area contributed by atoms with Gasteiger partial charge in [0.05, 0.1) is 25.0 Å². The number of nitrogens with zero attached hydrogens (tertiary/aromatic N) is 2. The second-order valence-corrected chi connectivity index (χ2v) is 5.86. The first-order valence-corrected chi connectivity index (χ1v) is 8.91. The van der Waals surface area contributed by atoms with Crippen LogP contribution >= 0.6 is 0 Å². The topological polar surface area (TPSA) is 102 Å². The van der Waals surface area contributed by atoms with E-state index in [1.807, 2.05) is 24.3 Å². The van der Waals surface area contributed by atoms with Crippen LogP contribution in [0.25, 0.3) is 0 Å². The number of ether oxygens (including phenoxy) is 2. The molecule has 1 aromatic heterocycles. The lowest BCUT2D eigenvalue weighted by Gasteiger charge is -2.11. The minimum absolute atomic E-state index is 0.148. The molecule has 0 saturated heterocycles. The van der Waals surface area contributed by atoms with E-state index in [9.17, 15) is 9.59 Å². The van der Waals surface area contributed by atoms with Crippen LogP contribution in [0.5, 0.6) is 5.75 Å². The maximum Gasteiger partial charge on any atom is 0.340 e. The molecule has 0 saturated carbocycles. The van der Waals surface area contributed by atoms with Crippen LogP contribution in [0.15, 0.2) is 60.9 Å².